The van der Waals surface area contributed by atoms with E-state index in [1.54, 1.807) is 0 Å². The molecule has 1 unspecified atom stereocenters. The Labute approximate surface area is 277 Å². The Morgan fingerprint density at radius 2 is 1.11 bits per heavy atom. The highest BCUT2D eigenvalue weighted by atomic mass is 28.4. The summed E-state index contributed by atoms with van der Waals surface area (Å²) in [5.41, 5.74) is 9.08. The van der Waals surface area contributed by atoms with Gasteiger partial charge in [0.2, 0.25) is 0 Å². The van der Waals surface area contributed by atoms with Crippen LogP contribution in [0.25, 0.3) is 22.4 Å². The number of hydrogen-bond acceptors (Lipinski definition) is 4. The number of nitrogens with zero attached hydrogens (tertiary/aromatic N) is 1. The number of rotatable bonds is 9. The van der Waals surface area contributed by atoms with E-state index >= 15 is 0 Å². The summed E-state index contributed by atoms with van der Waals surface area (Å²) in [5.74, 6) is 0. The van der Waals surface area contributed by atoms with E-state index in [1.807, 2.05) is 0 Å². The van der Waals surface area contributed by atoms with E-state index in [4.69, 9.17) is 18.3 Å². The first-order valence-electron chi connectivity index (χ1n) is 16.6. The topological polar surface area (TPSA) is 40.6 Å². The molecule has 0 bridgehead atoms. The molecule has 0 fully saturated rings. The molecule has 0 amide bonds. The fourth-order valence-electron chi connectivity index (χ4n) is 4.98. The normalized spacial score (nSPS) is 16.1. The van der Waals surface area contributed by atoms with Gasteiger partial charge in [-0.25, -0.2) is 4.98 Å². The second kappa shape index (κ2) is 12.3. The zero-order valence-corrected chi connectivity index (χ0v) is 33.9. The fourth-order valence-corrected chi connectivity index (χ4v) is 8.04. The summed E-state index contributed by atoms with van der Waals surface area (Å²) in [5, 5.41) is 0.251. The highest BCUT2D eigenvalue weighted by molar-refractivity contribution is 6.75. The summed E-state index contributed by atoms with van der Waals surface area (Å²) in [7, 11) is -6.30. The van der Waals surface area contributed by atoms with Crippen molar-refractivity contribution in [2.45, 2.75) is 136 Å². The van der Waals surface area contributed by atoms with Crippen LogP contribution in [-0.2, 0) is 26.5 Å². The first-order valence-corrected chi connectivity index (χ1v) is 25.4. The van der Waals surface area contributed by atoms with E-state index in [0.717, 1.165) is 17.0 Å². The van der Waals surface area contributed by atoms with Crippen molar-refractivity contribution in [1.29, 1.82) is 0 Å². The summed E-state index contributed by atoms with van der Waals surface area (Å²) in [6, 6.07) is 19.6. The van der Waals surface area contributed by atoms with Gasteiger partial charge in [0.15, 0.2) is 25.0 Å². The van der Waals surface area contributed by atoms with Crippen LogP contribution in [0.15, 0.2) is 54.6 Å². The highest BCUT2D eigenvalue weighted by Gasteiger charge is 2.45. The Morgan fingerprint density at radius 3 is 1.64 bits per heavy atom. The number of hydrogen-bond donors (Lipinski definition) is 0. The molecule has 1 aromatic heterocycles. The first-order chi connectivity index (χ1) is 20.5. The Hall–Kier alpha value is -1.88. The van der Waals surface area contributed by atoms with Gasteiger partial charge in [-0.05, 0) is 71.1 Å². The minimum Gasteiger partial charge on any atom is -0.412 e. The summed E-state index contributed by atoms with van der Waals surface area (Å²) in [6.45, 7) is 35.7. The van der Waals surface area contributed by atoms with Gasteiger partial charge in [0.1, 0.15) is 0 Å². The lowest BCUT2D eigenvalue weighted by Crippen LogP contribution is -2.42. The standard InChI is InChI=1S/C38H59NO3Si3/c1-36(2,3)43(10,11)40-25-30-31(26-41-44(12,13)37(4,5)6)39-34-28-23-19-20-24-29(28)35(42-45(14,15)38(7,8)9)33(34)32(30)27-21-17-16-18-22-27/h16-24,35H,25-26H2,1-15H3. The molecule has 246 valence electrons. The third-order valence-electron chi connectivity index (χ3n) is 11.2. The van der Waals surface area contributed by atoms with Crippen LogP contribution >= 0.6 is 0 Å². The molecule has 1 heterocycles. The molecule has 1 atom stereocenters. The molecule has 2 aromatic carbocycles. The maximum Gasteiger partial charge on any atom is 0.193 e. The van der Waals surface area contributed by atoms with E-state index in [0.29, 0.717) is 13.2 Å². The second-order valence-electron chi connectivity index (χ2n) is 17.5. The van der Waals surface area contributed by atoms with Crippen LogP contribution in [0.3, 0.4) is 0 Å². The lowest BCUT2D eigenvalue weighted by atomic mass is 9.91. The third-order valence-corrected chi connectivity index (χ3v) is 24.6. The van der Waals surface area contributed by atoms with Crippen molar-refractivity contribution in [2.75, 3.05) is 0 Å². The molecule has 4 nitrogen and oxygen atoms in total. The molecule has 0 saturated heterocycles. The lowest BCUT2D eigenvalue weighted by molar-refractivity contribution is 0.225. The highest BCUT2D eigenvalue weighted by Crippen LogP contribution is 2.53. The van der Waals surface area contributed by atoms with E-state index in [-0.39, 0.29) is 21.2 Å². The van der Waals surface area contributed by atoms with Crippen LogP contribution in [-0.4, -0.2) is 29.9 Å². The van der Waals surface area contributed by atoms with Crippen LogP contribution < -0.4 is 0 Å². The third kappa shape index (κ3) is 7.19. The lowest BCUT2D eigenvalue weighted by Gasteiger charge is -2.39. The molecule has 45 heavy (non-hydrogen) atoms. The van der Waals surface area contributed by atoms with Gasteiger partial charge in [-0.1, -0.05) is 117 Å². The van der Waals surface area contributed by atoms with E-state index in [2.05, 4.69) is 156 Å². The molecule has 4 rings (SSSR count). The van der Waals surface area contributed by atoms with Gasteiger partial charge >= 0.3 is 0 Å². The van der Waals surface area contributed by atoms with Crippen LogP contribution in [0.1, 0.15) is 90.8 Å². The number of fused-ring (bicyclic) bond motifs is 3. The summed E-state index contributed by atoms with van der Waals surface area (Å²) in [6.07, 6.45) is -0.193. The van der Waals surface area contributed by atoms with Crippen molar-refractivity contribution in [2.24, 2.45) is 0 Å². The fraction of sp³-hybridized carbons (Fsp3) is 0.553. The molecule has 1 aliphatic rings. The zero-order valence-electron chi connectivity index (χ0n) is 30.9. The van der Waals surface area contributed by atoms with E-state index < -0.39 is 25.0 Å². The average Bonchev–Trinajstić information content (AvgIpc) is 3.21. The minimum atomic E-state index is -2.17. The van der Waals surface area contributed by atoms with Crippen molar-refractivity contribution < 1.29 is 13.3 Å². The van der Waals surface area contributed by atoms with Crippen molar-refractivity contribution in [3.8, 4) is 22.4 Å². The summed E-state index contributed by atoms with van der Waals surface area (Å²) in [4.78, 5) is 5.54. The van der Waals surface area contributed by atoms with Crippen LogP contribution in [0, 0.1) is 0 Å². The van der Waals surface area contributed by atoms with Crippen molar-refractivity contribution >= 4 is 25.0 Å². The summed E-state index contributed by atoms with van der Waals surface area (Å²) >= 11 is 0. The molecular formula is C38H59NO3Si3. The number of aromatic nitrogens is 1. The molecule has 0 radical (unpaired) electrons. The maximum absolute atomic E-state index is 7.37. The first kappa shape index (κ1) is 36.0. The molecule has 7 heteroatoms. The molecule has 1 aliphatic carbocycles. The minimum absolute atomic E-state index is 0.0657. The molecular weight excluding hydrogens is 603 g/mol. The molecule has 0 saturated carbocycles. The maximum atomic E-state index is 7.37. The van der Waals surface area contributed by atoms with Gasteiger partial charge in [0, 0.05) is 16.7 Å². The van der Waals surface area contributed by atoms with Gasteiger partial charge < -0.3 is 13.3 Å². The molecule has 3 aromatic rings. The smallest absolute Gasteiger partial charge is 0.193 e. The van der Waals surface area contributed by atoms with Crippen molar-refractivity contribution in [3.63, 3.8) is 0 Å². The molecule has 0 N–H and O–H groups in total. The van der Waals surface area contributed by atoms with Crippen LogP contribution in [0.4, 0.5) is 0 Å². The Kier molecular flexibility index (Phi) is 9.82. The van der Waals surface area contributed by atoms with Gasteiger partial charge in [-0.15, -0.1) is 0 Å². The van der Waals surface area contributed by atoms with Gasteiger partial charge in [0.25, 0.3) is 0 Å². The number of benzene rings is 2. The van der Waals surface area contributed by atoms with Crippen LogP contribution in [0.2, 0.25) is 54.4 Å². The Morgan fingerprint density at radius 1 is 0.622 bits per heavy atom. The Bertz CT molecular complexity index is 1510. The average molecular weight is 662 g/mol. The van der Waals surface area contributed by atoms with Crippen molar-refractivity contribution in [1.82, 2.24) is 4.98 Å². The quantitative estimate of drug-likeness (QED) is 0.214. The monoisotopic (exact) mass is 661 g/mol. The molecule has 0 aliphatic heterocycles. The van der Waals surface area contributed by atoms with E-state index in [1.165, 1.54) is 27.8 Å². The van der Waals surface area contributed by atoms with Crippen LogP contribution in [0.5, 0.6) is 0 Å². The SMILES string of the molecule is CC(C)(C)[Si](C)(C)OCc1nc2c(c(-c3ccccc3)c1CO[Si](C)(C)C(C)(C)C)C(O[Si](C)(C)C(C)(C)C)c1ccccc1-2. The van der Waals surface area contributed by atoms with E-state index in [9.17, 15) is 0 Å². The Balaban J connectivity index is 2.04. The zero-order chi connectivity index (χ0) is 33.8. The summed E-state index contributed by atoms with van der Waals surface area (Å²) < 4.78 is 21.3. The predicted octanol–water partition coefficient (Wildman–Crippen LogP) is 11.9. The van der Waals surface area contributed by atoms with Gasteiger partial charge in [0.05, 0.1) is 30.7 Å². The van der Waals surface area contributed by atoms with Gasteiger partial charge in [-0.2, -0.15) is 0 Å². The second-order valence-corrected chi connectivity index (χ2v) is 31.9. The predicted molar refractivity (Wildman–Crippen MR) is 199 cm³/mol. The van der Waals surface area contributed by atoms with Gasteiger partial charge in [-0.3, -0.25) is 0 Å². The van der Waals surface area contributed by atoms with Crippen molar-refractivity contribution in [3.05, 3.63) is 77.0 Å². The molecule has 0 spiro atoms. The number of pyridine rings is 1. The largest absolute Gasteiger partial charge is 0.412 e.